The van der Waals surface area contributed by atoms with E-state index in [1.165, 1.54) is 12.1 Å². The highest BCUT2D eigenvalue weighted by Crippen LogP contribution is 2.34. The largest absolute Gasteiger partial charge is 0.356 e. The van der Waals surface area contributed by atoms with E-state index >= 15 is 0 Å². The number of halogens is 2. The number of rotatable bonds is 2. The number of nitrogens with one attached hydrogen (secondary N) is 1. The van der Waals surface area contributed by atoms with Gasteiger partial charge in [0, 0.05) is 12.7 Å². The van der Waals surface area contributed by atoms with E-state index in [4.69, 9.17) is 11.6 Å². The molecule has 2 heterocycles. The van der Waals surface area contributed by atoms with Crippen LogP contribution in [0, 0.1) is 5.82 Å². The lowest BCUT2D eigenvalue weighted by molar-refractivity contribution is 0.0455. The third kappa shape index (κ3) is 2.24. The molecule has 0 spiro atoms. The molecule has 1 amide bonds. The maximum Gasteiger partial charge on any atom is 0.270 e. The molecule has 2 aromatic rings. The Labute approximate surface area is 115 Å². The maximum absolute atomic E-state index is 12.9. The summed E-state index contributed by atoms with van der Waals surface area (Å²) in [7, 11) is 0. The molecule has 1 N–H and O–H groups in total. The van der Waals surface area contributed by atoms with E-state index in [0.717, 1.165) is 12.0 Å². The average Bonchev–Trinajstić information content (AvgIpc) is 2.77. The number of aromatic nitrogens is 1. The molecule has 1 aromatic heterocycles. The van der Waals surface area contributed by atoms with Gasteiger partial charge in [-0.2, -0.15) is 0 Å². The van der Waals surface area contributed by atoms with Gasteiger partial charge in [0.1, 0.15) is 11.5 Å². The van der Waals surface area contributed by atoms with Crippen LogP contribution in [-0.4, -0.2) is 22.3 Å². The Morgan fingerprint density at radius 1 is 1.37 bits per heavy atom. The average molecular weight is 279 g/mol. The molecule has 1 saturated heterocycles. The quantitative estimate of drug-likeness (QED) is 0.898. The molecule has 3 nitrogen and oxygen atoms in total. The van der Waals surface area contributed by atoms with Crippen molar-refractivity contribution in [1.29, 1.82) is 0 Å². The van der Waals surface area contributed by atoms with Crippen LogP contribution in [0.25, 0.3) is 0 Å². The third-order valence-corrected chi connectivity index (χ3v) is 3.63. The first-order valence-electron chi connectivity index (χ1n) is 6.05. The van der Waals surface area contributed by atoms with E-state index in [0.29, 0.717) is 17.3 Å². The maximum atomic E-state index is 12.9. The van der Waals surface area contributed by atoms with Crippen molar-refractivity contribution in [3.63, 3.8) is 0 Å². The summed E-state index contributed by atoms with van der Waals surface area (Å²) in [6, 6.07) is 7.92. The predicted molar refractivity (Wildman–Crippen MR) is 70.6 cm³/mol. The molecular formula is C14H12ClFN2O. The fourth-order valence-electron chi connectivity index (χ4n) is 2.31. The number of nitrogens with zero attached hydrogens (tertiary/aromatic N) is 1. The van der Waals surface area contributed by atoms with Crippen LogP contribution in [0.5, 0.6) is 0 Å². The van der Waals surface area contributed by atoms with Gasteiger partial charge in [0.25, 0.3) is 5.91 Å². The molecule has 1 atom stereocenters. The zero-order valence-corrected chi connectivity index (χ0v) is 10.8. The van der Waals surface area contributed by atoms with E-state index in [1.54, 1.807) is 29.3 Å². The Hall–Kier alpha value is -1.81. The SMILES string of the molecule is O=C(c1cc(Cl)c[nH]1)N1CCC1c1ccc(F)cc1. The van der Waals surface area contributed by atoms with Crippen molar-refractivity contribution < 1.29 is 9.18 Å². The Bertz CT molecular complexity index is 608. The molecule has 1 aromatic carbocycles. The zero-order chi connectivity index (χ0) is 13.4. The highest BCUT2D eigenvalue weighted by Gasteiger charge is 2.34. The van der Waals surface area contributed by atoms with E-state index in [2.05, 4.69) is 4.98 Å². The lowest BCUT2D eigenvalue weighted by atomic mass is 9.94. The molecule has 0 saturated carbocycles. The fraction of sp³-hybridized carbons (Fsp3) is 0.214. The number of amides is 1. The van der Waals surface area contributed by atoms with Crippen molar-refractivity contribution in [2.75, 3.05) is 6.54 Å². The number of likely N-dealkylation sites (tertiary alicyclic amines) is 1. The third-order valence-electron chi connectivity index (χ3n) is 3.41. The monoisotopic (exact) mass is 278 g/mol. The van der Waals surface area contributed by atoms with Gasteiger partial charge in [-0.1, -0.05) is 23.7 Å². The number of benzene rings is 1. The number of hydrogen-bond donors (Lipinski definition) is 1. The van der Waals surface area contributed by atoms with Crippen LogP contribution in [-0.2, 0) is 0 Å². The molecule has 3 rings (SSSR count). The first kappa shape index (κ1) is 12.2. The summed E-state index contributed by atoms with van der Waals surface area (Å²) in [5, 5.41) is 0.516. The molecule has 19 heavy (non-hydrogen) atoms. The van der Waals surface area contributed by atoms with Crippen molar-refractivity contribution in [2.24, 2.45) is 0 Å². The molecule has 1 aliphatic heterocycles. The molecule has 1 unspecified atom stereocenters. The van der Waals surface area contributed by atoms with E-state index in [9.17, 15) is 9.18 Å². The van der Waals surface area contributed by atoms with Gasteiger partial charge in [0.05, 0.1) is 11.1 Å². The minimum absolute atomic E-state index is 0.0233. The van der Waals surface area contributed by atoms with Gasteiger partial charge in [-0.3, -0.25) is 4.79 Å². The number of hydrogen-bond acceptors (Lipinski definition) is 1. The first-order valence-corrected chi connectivity index (χ1v) is 6.43. The van der Waals surface area contributed by atoms with E-state index in [1.807, 2.05) is 0 Å². The molecule has 98 valence electrons. The zero-order valence-electron chi connectivity index (χ0n) is 10.1. The second-order valence-corrected chi connectivity index (χ2v) is 5.02. The minimum atomic E-state index is -0.267. The van der Waals surface area contributed by atoms with Crippen LogP contribution in [0.2, 0.25) is 5.02 Å². The van der Waals surface area contributed by atoms with Crippen LogP contribution in [0.4, 0.5) is 4.39 Å². The fourth-order valence-corrected chi connectivity index (χ4v) is 2.47. The number of carbonyl (C=O) groups excluding carboxylic acids is 1. The summed E-state index contributed by atoms with van der Waals surface area (Å²) >= 11 is 5.80. The van der Waals surface area contributed by atoms with Gasteiger partial charge in [-0.25, -0.2) is 4.39 Å². The van der Waals surface area contributed by atoms with E-state index < -0.39 is 0 Å². The molecule has 1 fully saturated rings. The Balaban J connectivity index is 1.79. The number of aromatic amines is 1. The smallest absolute Gasteiger partial charge is 0.270 e. The lowest BCUT2D eigenvalue weighted by Crippen LogP contribution is -2.45. The second kappa shape index (κ2) is 4.70. The number of H-pyrrole nitrogens is 1. The van der Waals surface area contributed by atoms with Crippen molar-refractivity contribution in [3.8, 4) is 0 Å². The summed E-state index contributed by atoms with van der Waals surface area (Å²) in [5.41, 5.74) is 1.44. The highest BCUT2D eigenvalue weighted by atomic mass is 35.5. The van der Waals surface area contributed by atoms with Crippen LogP contribution >= 0.6 is 11.6 Å². The summed E-state index contributed by atoms with van der Waals surface area (Å²) < 4.78 is 12.9. The van der Waals surface area contributed by atoms with Gasteiger partial charge in [0.15, 0.2) is 0 Å². The summed E-state index contributed by atoms with van der Waals surface area (Å²) in [4.78, 5) is 16.9. The van der Waals surface area contributed by atoms with Gasteiger partial charge >= 0.3 is 0 Å². The minimum Gasteiger partial charge on any atom is -0.356 e. The Morgan fingerprint density at radius 2 is 2.11 bits per heavy atom. The van der Waals surface area contributed by atoms with Crippen LogP contribution in [0.1, 0.15) is 28.5 Å². The molecule has 5 heteroatoms. The Kier molecular flexibility index (Phi) is 3.03. The second-order valence-electron chi connectivity index (χ2n) is 4.59. The summed E-state index contributed by atoms with van der Waals surface area (Å²) in [5.74, 6) is -0.343. The molecular weight excluding hydrogens is 267 g/mol. The lowest BCUT2D eigenvalue weighted by Gasteiger charge is -2.41. The van der Waals surface area contributed by atoms with Crippen LogP contribution in [0.3, 0.4) is 0 Å². The van der Waals surface area contributed by atoms with E-state index in [-0.39, 0.29) is 17.8 Å². The molecule has 0 aliphatic carbocycles. The predicted octanol–water partition coefficient (Wildman–Crippen LogP) is 3.39. The Morgan fingerprint density at radius 3 is 2.63 bits per heavy atom. The van der Waals surface area contributed by atoms with Crippen LogP contribution < -0.4 is 0 Å². The van der Waals surface area contributed by atoms with Crippen molar-refractivity contribution in [2.45, 2.75) is 12.5 Å². The van der Waals surface area contributed by atoms with Crippen molar-refractivity contribution >= 4 is 17.5 Å². The highest BCUT2D eigenvalue weighted by molar-refractivity contribution is 6.30. The van der Waals surface area contributed by atoms with Gasteiger partial charge < -0.3 is 9.88 Å². The molecule has 0 bridgehead atoms. The topological polar surface area (TPSA) is 36.1 Å². The van der Waals surface area contributed by atoms with Gasteiger partial charge in [-0.05, 0) is 30.2 Å². The molecule has 0 radical (unpaired) electrons. The van der Waals surface area contributed by atoms with Crippen LogP contribution in [0.15, 0.2) is 36.5 Å². The summed E-state index contributed by atoms with van der Waals surface area (Å²) in [6.07, 6.45) is 2.48. The van der Waals surface area contributed by atoms with Crippen molar-refractivity contribution in [3.05, 3.63) is 58.6 Å². The van der Waals surface area contributed by atoms with Gasteiger partial charge in [0.2, 0.25) is 0 Å². The van der Waals surface area contributed by atoms with Gasteiger partial charge in [-0.15, -0.1) is 0 Å². The summed E-state index contributed by atoms with van der Waals surface area (Å²) in [6.45, 7) is 0.706. The first-order chi connectivity index (χ1) is 9.15. The number of carbonyl (C=O) groups is 1. The molecule has 1 aliphatic rings. The normalized spacial score (nSPS) is 18.2. The standard InChI is InChI=1S/C14H12ClFN2O/c15-10-7-12(17-8-10)14(19)18-6-5-13(18)9-1-3-11(16)4-2-9/h1-4,7-8,13,17H,5-6H2. The van der Waals surface area contributed by atoms with Crippen molar-refractivity contribution in [1.82, 2.24) is 9.88 Å².